The molecule has 0 saturated heterocycles. The van der Waals surface area contributed by atoms with Gasteiger partial charge in [0.2, 0.25) is 5.88 Å². The molecule has 3 N–H and O–H groups in total. The number of rotatable bonds is 6. The molecule has 3 aromatic carbocycles. The molecule has 0 atom stereocenters. The monoisotopic (exact) mass is 499 g/mol. The number of hydrogen-bond acceptors (Lipinski definition) is 6. The molecule has 0 aliphatic rings. The fraction of sp³-hybridized carbons (Fsp3) is 0.107. The van der Waals surface area contributed by atoms with Gasteiger partial charge in [-0.25, -0.2) is 9.18 Å². The second-order valence-corrected chi connectivity index (χ2v) is 8.49. The van der Waals surface area contributed by atoms with E-state index in [0.717, 1.165) is 5.56 Å². The smallest absolute Gasteiger partial charge is 0.337 e. The van der Waals surface area contributed by atoms with Crippen LogP contribution in [0.25, 0.3) is 21.7 Å². The Morgan fingerprint density at radius 1 is 1.03 bits per heavy atom. The predicted molar refractivity (Wildman–Crippen MR) is 135 cm³/mol. The summed E-state index contributed by atoms with van der Waals surface area (Å²) in [5, 5.41) is 25.6. The molecule has 5 rings (SSSR count). The summed E-state index contributed by atoms with van der Waals surface area (Å²) in [6, 6.07) is 15.8. The summed E-state index contributed by atoms with van der Waals surface area (Å²) in [5.74, 6) is -1.81. The van der Waals surface area contributed by atoms with Crippen LogP contribution < -0.4 is 5.32 Å². The summed E-state index contributed by atoms with van der Waals surface area (Å²) in [5.41, 5.74) is 2.16. The van der Waals surface area contributed by atoms with Gasteiger partial charge in [-0.1, -0.05) is 30.3 Å². The van der Waals surface area contributed by atoms with E-state index in [1.54, 1.807) is 54.7 Å². The maximum atomic E-state index is 13.5. The van der Waals surface area contributed by atoms with Crippen LogP contribution >= 0.6 is 0 Å². The van der Waals surface area contributed by atoms with E-state index in [9.17, 15) is 24.2 Å². The third kappa shape index (κ3) is 4.42. The number of carbonyl (C=O) groups is 2. The minimum absolute atomic E-state index is 0.0890. The van der Waals surface area contributed by atoms with Crippen LogP contribution in [0, 0.1) is 5.82 Å². The van der Waals surface area contributed by atoms with E-state index in [2.05, 4.69) is 10.3 Å². The number of carbonyl (C=O) groups excluding carboxylic acids is 2. The van der Waals surface area contributed by atoms with Gasteiger partial charge in [-0.2, -0.15) is 0 Å². The molecule has 0 aliphatic heterocycles. The number of fused-ring (bicyclic) bond motifs is 2. The summed E-state index contributed by atoms with van der Waals surface area (Å²) >= 11 is 0. The highest BCUT2D eigenvalue weighted by atomic mass is 19.1. The number of aromatic hydroxyl groups is 2. The van der Waals surface area contributed by atoms with E-state index < -0.39 is 11.9 Å². The molecule has 0 fully saturated rings. The lowest BCUT2D eigenvalue weighted by Crippen LogP contribution is -2.23. The lowest BCUT2D eigenvalue weighted by molar-refractivity contribution is 0.0600. The maximum Gasteiger partial charge on any atom is 0.337 e. The van der Waals surface area contributed by atoms with Gasteiger partial charge in [-0.3, -0.25) is 9.78 Å². The molecule has 9 heteroatoms. The lowest BCUT2D eigenvalue weighted by atomic mass is 10.0. The summed E-state index contributed by atoms with van der Waals surface area (Å²) < 4.78 is 19.6. The van der Waals surface area contributed by atoms with Crippen LogP contribution in [-0.2, 0) is 17.8 Å². The number of phenols is 1. The first kappa shape index (κ1) is 23.8. The topological polar surface area (TPSA) is 114 Å². The van der Waals surface area contributed by atoms with Crippen LogP contribution in [0.4, 0.5) is 4.39 Å². The SMILES string of the molecule is COC(=O)c1cccc(CNC(=O)c2c3cccnc3c(O)c3c(O)n(Cc4ccc(F)cc4)cc23)c1. The molecule has 1 amide bonds. The number of hydrogen-bond donors (Lipinski definition) is 3. The van der Waals surface area contributed by atoms with E-state index in [-0.39, 0.29) is 47.0 Å². The van der Waals surface area contributed by atoms with Gasteiger partial charge in [0.05, 0.1) is 30.2 Å². The van der Waals surface area contributed by atoms with Crippen LogP contribution in [0.15, 0.2) is 73.1 Å². The molecule has 0 saturated carbocycles. The van der Waals surface area contributed by atoms with Crippen molar-refractivity contribution in [1.29, 1.82) is 0 Å². The number of nitrogens with zero attached hydrogens (tertiary/aromatic N) is 2. The summed E-state index contributed by atoms with van der Waals surface area (Å²) in [6.07, 6.45) is 3.06. The predicted octanol–water partition coefficient (Wildman–Crippen LogP) is 4.50. The maximum absolute atomic E-state index is 13.5. The molecule has 2 aromatic heterocycles. The fourth-order valence-corrected chi connectivity index (χ4v) is 4.38. The number of phenolic OH excluding ortho intramolecular Hbond substituents is 1. The quantitative estimate of drug-likeness (QED) is 0.297. The van der Waals surface area contributed by atoms with Crippen molar-refractivity contribution < 1.29 is 28.9 Å². The van der Waals surface area contributed by atoms with Crippen molar-refractivity contribution >= 4 is 33.6 Å². The largest absolute Gasteiger partial charge is 0.505 e. The Kier molecular flexibility index (Phi) is 6.19. The van der Waals surface area contributed by atoms with E-state index in [0.29, 0.717) is 21.9 Å². The van der Waals surface area contributed by atoms with E-state index in [1.807, 2.05) is 0 Å². The number of methoxy groups -OCH3 is 1. The van der Waals surface area contributed by atoms with Crippen molar-refractivity contribution in [2.75, 3.05) is 7.11 Å². The second-order valence-electron chi connectivity index (χ2n) is 8.49. The van der Waals surface area contributed by atoms with E-state index in [4.69, 9.17) is 4.74 Å². The number of esters is 1. The minimum Gasteiger partial charge on any atom is -0.505 e. The van der Waals surface area contributed by atoms with Gasteiger partial charge in [0.25, 0.3) is 5.91 Å². The van der Waals surface area contributed by atoms with Gasteiger partial charge < -0.3 is 24.8 Å². The molecule has 0 spiro atoms. The second kappa shape index (κ2) is 9.62. The molecule has 0 bridgehead atoms. The van der Waals surface area contributed by atoms with Crippen molar-refractivity contribution in [2.24, 2.45) is 0 Å². The molecule has 5 aromatic rings. The molecule has 0 unspecified atom stereocenters. The molecule has 0 aliphatic carbocycles. The van der Waals surface area contributed by atoms with E-state index >= 15 is 0 Å². The molecule has 8 nitrogen and oxygen atoms in total. The number of aromatic nitrogens is 2. The van der Waals surface area contributed by atoms with Gasteiger partial charge in [0.15, 0.2) is 5.75 Å². The molecule has 2 heterocycles. The van der Waals surface area contributed by atoms with Crippen LogP contribution in [0.5, 0.6) is 11.6 Å². The van der Waals surface area contributed by atoms with Crippen LogP contribution in [0.2, 0.25) is 0 Å². The first-order valence-corrected chi connectivity index (χ1v) is 11.4. The zero-order chi connectivity index (χ0) is 26.1. The highest BCUT2D eigenvalue weighted by Gasteiger charge is 2.24. The average molecular weight is 499 g/mol. The lowest BCUT2D eigenvalue weighted by Gasteiger charge is -2.11. The van der Waals surface area contributed by atoms with Gasteiger partial charge in [0, 0.05) is 29.7 Å². The standard InChI is InChI=1S/C28H22FN3O5/c1-37-28(36)18-5-2-4-17(12-18)13-31-26(34)22-20-6-3-11-30-24(20)25(33)23-21(22)15-32(27(23)35)14-16-7-9-19(29)10-8-16/h2-12,15,33,35H,13-14H2,1H3,(H,31,34). The highest BCUT2D eigenvalue weighted by molar-refractivity contribution is 6.21. The third-order valence-corrected chi connectivity index (χ3v) is 6.15. The Labute approximate surface area is 210 Å². The van der Waals surface area contributed by atoms with Gasteiger partial charge in [-0.15, -0.1) is 0 Å². The van der Waals surface area contributed by atoms with Gasteiger partial charge in [-0.05, 0) is 41.5 Å². The summed E-state index contributed by atoms with van der Waals surface area (Å²) in [6.45, 7) is 0.307. The number of nitrogens with one attached hydrogen (secondary N) is 1. The average Bonchev–Trinajstić information content (AvgIpc) is 3.24. The molecule has 186 valence electrons. The molecular formula is C28H22FN3O5. The Balaban J connectivity index is 1.56. The Morgan fingerprint density at radius 2 is 1.81 bits per heavy atom. The fourth-order valence-electron chi connectivity index (χ4n) is 4.38. The third-order valence-electron chi connectivity index (χ3n) is 6.15. The molecule has 37 heavy (non-hydrogen) atoms. The van der Waals surface area contributed by atoms with Crippen molar-refractivity contribution in [3.8, 4) is 11.6 Å². The first-order valence-electron chi connectivity index (χ1n) is 11.4. The molecule has 0 radical (unpaired) electrons. The Morgan fingerprint density at radius 3 is 2.57 bits per heavy atom. The number of amides is 1. The Hall–Kier alpha value is -4.92. The van der Waals surface area contributed by atoms with Crippen LogP contribution in [-0.4, -0.2) is 38.8 Å². The molecular weight excluding hydrogens is 477 g/mol. The van der Waals surface area contributed by atoms with Crippen LogP contribution in [0.1, 0.15) is 31.8 Å². The first-order chi connectivity index (χ1) is 17.9. The van der Waals surface area contributed by atoms with Crippen molar-refractivity contribution in [3.63, 3.8) is 0 Å². The van der Waals surface area contributed by atoms with Crippen molar-refractivity contribution in [3.05, 3.63) is 101 Å². The van der Waals surface area contributed by atoms with Gasteiger partial charge >= 0.3 is 5.97 Å². The minimum atomic E-state index is -0.483. The van der Waals surface area contributed by atoms with Gasteiger partial charge in [0.1, 0.15) is 11.3 Å². The van der Waals surface area contributed by atoms with Crippen LogP contribution in [0.3, 0.4) is 0 Å². The highest BCUT2D eigenvalue weighted by Crippen LogP contribution is 2.42. The van der Waals surface area contributed by atoms with Crippen molar-refractivity contribution in [1.82, 2.24) is 14.9 Å². The summed E-state index contributed by atoms with van der Waals surface area (Å²) in [7, 11) is 1.30. The normalized spacial score (nSPS) is 11.1. The van der Waals surface area contributed by atoms with Crippen molar-refractivity contribution in [2.45, 2.75) is 13.1 Å². The number of halogens is 1. The number of pyridine rings is 1. The summed E-state index contributed by atoms with van der Waals surface area (Å²) in [4.78, 5) is 29.6. The Bertz CT molecular complexity index is 1660. The number of ether oxygens (including phenoxy) is 1. The zero-order valence-corrected chi connectivity index (χ0v) is 19.7. The van der Waals surface area contributed by atoms with E-state index in [1.165, 1.54) is 30.0 Å². The zero-order valence-electron chi connectivity index (χ0n) is 19.7. The number of benzene rings is 3.